The number of hydrogen-bond acceptors (Lipinski definition) is 3. The molecule has 0 amide bonds. The molecule has 1 atom stereocenters. The van der Waals surface area contributed by atoms with Gasteiger partial charge in [0, 0.05) is 0 Å². The van der Waals surface area contributed by atoms with Crippen LogP contribution < -0.4 is 9.47 Å². The van der Waals surface area contributed by atoms with Crippen LogP contribution in [0.25, 0.3) is 0 Å². The Morgan fingerprint density at radius 1 is 1.38 bits per heavy atom. The first-order valence-corrected chi connectivity index (χ1v) is 6.28. The van der Waals surface area contributed by atoms with Gasteiger partial charge in [0.2, 0.25) is 0 Å². The van der Waals surface area contributed by atoms with E-state index in [1.807, 2.05) is 12.1 Å². The number of halogens is 1. The van der Waals surface area contributed by atoms with E-state index < -0.39 is 6.10 Å². The highest BCUT2D eigenvalue weighted by atomic mass is 79.9. The molecule has 1 aromatic carbocycles. The van der Waals surface area contributed by atoms with E-state index in [-0.39, 0.29) is 0 Å². The summed E-state index contributed by atoms with van der Waals surface area (Å²) in [4.78, 5) is 0. The fraction of sp³-hybridized carbons (Fsp3) is 0.500. The molecule has 0 saturated heterocycles. The van der Waals surface area contributed by atoms with Gasteiger partial charge in [-0.1, -0.05) is 13.3 Å². The zero-order chi connectivity index (χ0) is 11.5. The molecule has 0 spiro atoms. The lowest BCUT2D eigenvalue weighted by Gasteiger charge is -2.21. The Kier molecular flexibility index (Phi) is 3.71. The molecule has 0 saturated carbocycles. The molecule has 1 aliphatic rings. The maximum absolute atomic E-state index is 9.93. The lowest BCUT2D eigenvalue weighted by atomic mass is 10.0. The lowest BCUT2D eigenvalue weighted by Crippen LogP contribution is -2.16. The fourth-order valence-corrected chi connectivity index (χ4v) is 2.34. The van der Waals surface area contributed by atoms with Gasteiger partial charge in [0.15, 0.2) is 11.5 Å². The highest BCUT2D eigenvalue weighted by molar-refractivity contribution is 9.10. The van der Waals surface area contributed by atoms with Gasteiger partial charge in [0.25, 0.3) is 0 Å². The third-order valence-corrected chi connectivity index (χ3v) is 3.16. The van der Waals surface area contributed by atoms with Crippen LogP contribution in [0.5, 0.6) is 11.5 Å². The standard InChI is InChI=1S/C12H15BrO3/c1-2-3-10(14)8-6-9(13)12-11(7-8)15-4-5-16-12/h6-7,10,14H,2-5H2,1H3. The maximum Gasteiger partial charge on any atom is 0.175 e. The van der Waals surface area contributed by atoms with Crippen molar-refractivity contribution in [2.45, 2.75) is 25.9 Å². The Morgan fingerprint density at radius 3 is 2.88 bits per heavy atom. The van der Waals surface area contributed by atoms with Gasteiger partial charge in [-0.25, -0.2) is 0 Å². The SMILES string of the molecule is CCCC(O)c1cc(Br)c2c(c1)OCCO2. The van der Waals surface area contributed by atoms with E-state index >= 15 is 0 Å². The Balaban J connectivity index is 2.31. The Morgan fingerprint density at radius 2 is 2.12 bits per heavy atom. The topological polar surface area (TPSA) is 38.7 Å². The highest BCUT2D eigenvalue weighted by Crippen LogP contribution is 2.40. The molecule has 1 N–H and O–H groups in total. The minimum atomic E-state index is -0.433. The average molecular weight is 287 g/mol. The normalized spacial score (nSPS) is 15.9. The molecule has 1 aromatic rings. The van der Waals surface area contributed by atoms with Crippen molar-refractivity contribution in [3.8, 4) is 11.5 Å². The van der Waals surface area contributed by atoms with Crippen LogP contribution >= 0.6 is 15.9 Å². The van der Waals surface area contributed by atoms with Gasteiger partial charge in [-0.3, -0.25) is 0 Å². The largest absolute Gasteiger partial charge is 0.486 e. The predicted octanol–water partition coefficient (Wildman–Crippen LogP) is 3.05. The second-order valence-electron chi connectivity index (χ2n) is 3.83. The lowest BCUT2D eigenvalue weighted by molar-refractivity contribution is 0.158. The highest BCUT2D eigenvalue weighted by Gasteiger charge is 2.18. The predicted molar refractivity (Wildman–Crippen MR) is 65.0 cm³/mol. The van der Waals surface area contributed by atoms with E-state index in [0.29, 0.717) is 19.0 Å². The molecular weight excluding hydrogens is 272 g/mol. The summed E-state index contributed by atoms with van der Waals surface area (Å²) < 4.78 is 11.8. The Labute approximate surface area is 104 Å². The average Bonchev–Trinajstić information content (AvgIpc) is 2.29. The van der Waals surface area contributed by atoms with Crippen LogP contribution in [0.15, 0.2) is 16.6 Å². The fourth-order valence-electron chi connectivity index (χ4n) is 1.76. The van der Waals surface area contributed by atoms with Crippen LogP contribution in [0.4, 0.5) is 0 Å². The number of benzene rings is 1. The summed E-state index contributed by atoms with van der Waals surface area (Å²) in [6.07, 6.45) is 1.27. The molecule has 0 radical (unpaired) electrons. The number of fused-ring (bicyclic) bond motifs is 1. The Hall–Kier alpha value is -0.740. The molecule has 4 heteroatoms. The first kappa shape index (κ1) is 11.7. The number of ether oxygens (including phenoxy) is 2. The molecule has 3 nitrogen and oxygen atoms in total. The third-order valence-electron chi connectivity index (χ3n) is 2.57. The molecule has 0 fully saturated rings. The molecule has 1 aliphatic heterocycles. The van der Waals surface area contributed by atoms with Gasteiger partial charge >= 0.3 is 0 Å². The van der Waals surface area contributed by atoms with E-state index in [4.69, 9.17) is 9.47 Å². The summed E-state index contributed by atoms with van der Waals surface area (Å²) in [5.41, 5.74) is 0.873. The van der Waals surface area contributed by atoms with Gasteiger partial charge in [-0.05, 0) is 40.0 Å². The number of rotatable bonds is 3. The van der Waals surface area contributed by atoms with Crippen LogP contribution in [0, 0.1) is 0 Å². The second kappa shape index (κ2) is 5.06. The van der Waals surface area contributed by atoms with Crippen molar-refractivity contribution in [1.82, 2.24) is 0 Å². The van der Waals surface area contributed by atoms with E-state index in [1.165, 1.54) is 0 Å². The van der Waals surface area contributed by atoms with Crippen molar-refractivity contribution >= 4 is 15.9 Å². The maximum atomic E-state index is 9.93. The van der Waals surface area contributed by atoms with Crippen molar-refractivity contribution in [3.63, 3.8) is 0 Å². The number of hydrogen-bond donors (Lipinski definition) is 1. The zero-order valence-electron chi connectivity index (χ0n) is 9.20. The summed E-state index contributed by atoms with van der Waals surface area (Å²) in [5.74, 6) is 1.45. The van der Waals surface area contributed by atoms with Gasteiger partial charge in [0.05, 0.1) is 10.6 Å². The molecular formula is C12H15BrO3. The molecule has 2 rings (SSSR count). The van der Waals surface area contributed by atoms with Crippen molar-refractivity contribution in [2.75, 3.05) is 13.2 Å². The van der Waals surface area contributed by atoms with Crippen LogP contribution in [0.1, 0.15) is 31.4 Å². The number of aliphatic hydroxyl groups is 1. The monoisotopic (exact) mass is 286 g/mol. The van der Waals surface area contributed by atoms with E-state index in [2.05, 4.69) is 22.9 Å². The summed E-state index contributed by atoms with van der Waals surface area (Å²) >= 11 is 3.44. The molecule has 1 unspecified atom stereocenters. The van der Waals surface area contributed by atoms with Crippen molar-refractivity contribution < 1.29 is 14.6 Å². The summed E-state index contributed by atoms with van der Waals surface area (Å²) in [7, 11) is 0. The van der Waals surface area contributed by atoms with Gasteiger partial charge in [-0.15, -0.1) is 0 Å². The molecule has 88 valence electrons. The van der Waals surface area contributed by atoms with Gasteiger partial charge in [-0.2, -0.15) is 0 Å². The number of aliphatic hydroxyl groups excluding tert-OH is 1. The van der Waals surface area contributed by atoms with E-state index in [9.17, 15) is 5.11 Å². The molecule has 1 heterocycles. The molecule has 16 heavy (non-hydrogen) atoms. The van der Waals surface area contributed by atoms with E-state index in [1.54, 1.807) is 0 Å². The van der Waals surface area contributed by atoms with Crippen molar-refractivity contribution in [1.29, 1.82) is 0 Å². The van der Waals surface area contributed by atoms with Crippen molar-refractivity contribution in [2.24, 2.45) is 0 Å². The molecule has 0 aromatic heterocycles. The van der Waals surface area contributed by atoms with Crippen molar-refractivity contribution in [3.05, 3.63) is 22.2 Å². The van der Waals surface area contributed by atoms with Gasteiger partial charge in [0.1, 0.15) is 13.2 Å². The minimum Gasteiger partial charge on any atom is -0.486 e. The van der Waals surface area contributed by atoms with E-state index in [0.717, 1.165) is 28.6 Å². The molecule has 0 bridgehead atoms. The second-order valence-corrected chi connectivity index (χ2v) is 4.69. The summed E-state index contributed by atoms with van der Waals surface area (Å²) in [6.45, 7) is 3.19. The summed E-state index contributed by atoms with van der Waals surface area (Å²) in [5, 5.41) is 9.93. The van der Waals surface area contributed by atoms with Crippen LogP contribution in [-0.2, 0) is 0 Å². The first-order valence-electron chi connectivity index (χ1n) is 5.49. The third kappa shape index (κ3) is 2.33. The summed E-state index contributed by atoms with van der Waals surface area (Å²) in [6, 6.07) is 3.76. The Bertz CT molecular complexity index is 379. The quantitative estimate of drug-likeness (QED) is 0.928. The minimum absolute atomic E-state index is 0.433. The van der Waals surface area contributed by atoms with Crippen LogP contribution in [-0.4, -0.2) is 18.3 Å². The molecule has 0 aliphatic carbocycles. The van der Waals surface area contributed by atoms with Crippen LogP contribution in [0.3, 0.4) is 0 Å². The zero-order valence-corrected chi connectivity index (χ0v) is 10.8. The van der Waals surface area contributed by atoms with Crippen LogP contribution in [0.2, 0.25) is 0 Å². The van der Waals surface area contributed by atoms with Gasteiger partial charge < -0.3 is 14.6 Å². The smallest absolute Gasteiger partial charge is 0.175 e. The first-order chi connectivity index (χ1) is 7.72.